The first-order chi connectivity index (χ1) is 15.0. The van der Waals surface area contributed by atoms with Gasteiger partial charge in [-0.25, -0.2) is 0 Å². The quantitative estimate of drug-likeness (QED) is 0.679. The van der Waals surface area contributed by atoms with Crippen LogP contribution in [0.5, 0.6) is 5.75 Å². The number of benzene rings is 2. The second kappa shape index (κ2) is 8.68. The maximum atomic E-state index is 13.4. The molecule has 0 fully saturated rings. The van der Waals surface area contributed by atoms with Crippen molar-refractivity contribution in [1.29, 1.82) is 0 Å². The third-order valence-corrected chi connectivity index (χ3v) is 5.75. The molecule has 2 heterocycles. The second-order valence-corrected chi connectivity index (χ2v) is 7.87. The Morgan fingerprint density at radius 3 is 2.61 bits per heavy atom. The Bertz CT molecular complexity index is 1090. The summed E-state index contributed by atoms with van der Waals surface area (Å²) in [5.74, 6) is 0.451. The van der Waals surface area contributed by atoms with Crippen LogP contribution in [0.2, 0.25) is 0 Å². The van der Waals surface area contributed by atoms with E-state index in [0.29, 0.717) is 13.0 Å². The van der Waals surface area contributed by atoms with E-state index in [9.17, 15) is 9.59 Å². The van der Waals surface area contributed by atoms with Crippen molar-refractivity contribution in [2.45, 2.75) is 38.9 Å². The van der Waals surface area contributed by atoms with Crippen molar-refractivity contribution >= 4 is 11.8 Å². The predicted molar refractivity (Wildman–Crippen MR) is 117 cm³/mol. The first-order valence-corrected chi connectivity index (χ1v) is 10.3. The van der Waals surface area contributed by atoms with Gasteiger partial charge in [-0.3, -0.25) is 9.59 Å². The van der Waals surface area contributed by atoms with Crippen molar-refractivity contribution in [1.82, 2.24) is 10.2 Å². The lowest BCUT2D eigenvalue weighted by atomic mass is 9.92. The smallest absolute Gasteiger partial charge is 0.290 e. The number of furan rings is 1. The molecule has 0 bridgehead atoms. The van der Waals surface area contributed by atoms with E-state index >= 15 is 0 Å². The average molecular weight is 418 g/mol. The summed E-state index contributed by atoms with van der Waals surface area (Å²) in [4.78, 5) is 28.1. The van der Waals surface area contributed by atoms with Crippen LogP contribution in [-0.4, -0.2) is 29.9 Å². The molecule has 0 radical (unpaired) electrons. The predicted octanol–water partition coefficient (Wildman–Crippen LogP) is 4.04. The Morgan fingerprint density at radius 1 is 1.13 bits per heavy atom. The summed E-state index contributed by atoms with van der Waals surface area (Å²) >= 11 is 0. The summed E-state index contributed by atoms with van der Waals surface area (Å²) in [5, 5.41) is 3.09. The highest BCUT2D eigenvalue weighted by Gasteiger charge is 2.36. The van der Waals surface area contributed by atoms with Gasteiger partial charge in [0.05, 0.1) is 19.4 Å². The van der Waals surface area contributed by atoms with E-state index < -0.39 is 6.04 Å². The minimum atomic E-state index is -0.634. The van der Waals surface area contributed by atoms with Gasteiger partial charge in [0.2, 0.25) is 5.91 Å². The Labute approximate surface area is 181 Å². The summed E-state index contributed by atoms with van der Waals surface area (Å²) in [6.45, 7) is 4.28. The van der Waals surface area contributed by atoms with Gasteiger partial charge in [0.25, 0.3) is 5.91 Å². The number of rotatable bonds is 5. The van der Waals surface area contributed by atoms with Gasteiger partial charge < -0.3 is 19.4 Å². The number of carbonyl (C=O) groups excluding carboxylic acids is 2. The Balaban J connectivity index is 1.61. The number of ether oxygens (including phenoxy) is 1. The van der Waals surface area contributed by atoms with E-state index in [1.165, 1.54) is 6.26 Å². The normalized spacial score (nSPS) is 16.4. The summed E-state index contributed by atoms with van der Waals surface area (Å²) < 4.78 is 10.8. The average Bonchev–Trinajstić information content (AvgIpc) is 3.32. The van der Waals surface area contributed by atoms with Gasteiger partial charge in [0.1, 0.15) is 11.8 Å². The molecule has 0 aliphatic carbocycles. The molecule has 1 aliphatic rings. The monoisotopic (exact) mass is 418 g/mol. The van der Waals surface area contributed by atoms with Gasteiger partial charge in [0, 0.05) is 18.5 Å². The van der Waals surface area contributed by atoms with Crippen molar-refractivity contribution in [2.75, 3.05) is 7.11 Å². The Hall–Kier alpha value is -3.54. The van der Waals surface area contributed by atoms with E-state index in [1.54, 1.807) is 24.1 Å². The van der Waals surface area contributed by atoms with Crippen molar-refractivity contribution in [3.8, 4) is 5.75 Å². The van der Waals surface area contributed by atoms with Crippen LogP contribution in [-0.2, 0) is 17.8 Å². The number of nitrogens with one attached hydrogen (secondary N) is 1. The number of hydrogen-bond donors (Lipinski definition) is 1. The molecule has 3 aromatic rings. The van der Waals surface area contributed by atoms with Crippen LogP contribution < -0.4 is 10.1 Å². The van der Waals surface area contributed by atoms with E-state index in [2.05, 4.69) is 5.32 Å². The fourth-order valence-electron chi connectivity index (χ4n) is 4.09. The largest absolute Gasteiger partial charge is 0.496 e. The molecule has 160 valence electrons. The van der Waals surface area contributed by atoms with Crippen LogP contribution in [0, 0.1) is 6.92 Å². The molecular formula is C25H26N2O4. The van der Waals surface area contributed by atoms with Crippen molar-refractivity contribution in [3.05, 3.63) is 88.9 Å². The highest BCUT2D eigenvalue weighted by atomic mass is 16.5. The zero-order valence-corrected chi connectivity index (χ0v) is 17.9. The molecular weight excluding hydrogens is 392 g/mol. The topological polar surface area (TPSA) is 71.8 Å². The third kappa shape index (κ3) is 4.19. The number of aryl methyl sites for hydroxylation is 1. The van der Waals surface area contributed by atoms with Gasteiger partial charge >= 0.3 is 0 Å². The van der Waals surface area contributed by atoms with E-state index in [4.69, 9.17) is 9.15 Å². The highest BCUT2D eigenvalue weighted by Crippen LogP contribution is 2.28. The molecule has 4 rings (SSSR count). The first-order valence-electron chi connectivity index (χ1n) is 10.3. The number of hydrogen-bond acceptors (Lipinski definition) is 4. The highest BCUT2D eigenvalue weighted by molar-refractivity contribution is 5.96. The van der Waals surface area contributed by atoms with E-state index in [1.807, 2.05) is 56.3 Å². The molecule has 1 aliphatic heterocycles. The fraction of sp³-hybridized carbons (Fsp3) is 0.280. The first kappa shape index (κ1) is 20.7. The van der Waals surface area contributed by atoms with Gasteiger partial charge in [-0.1, -0.05) is 42.0 Å². The molecule has 2 aromatic carbocycles. The maximum Gasteiger partial charge on any atom is 0.290 e. The lowest BCUT2D eigenvalue weighted by Gasteiger charge is -2.36. The molecule has 2 unspecified atom stereocenters. The van der Waals surface area contributed by atoms with Crippen LogP contribution in [0.1, 0.15) is 45.8 Å². The Morgan fingerprint density at radius 2 is 1.90 bits per heavy atom. The van der Waals surface area contributed by atoms with Crippen LogP contribution in [0.15, 0.2) is 65.3 Å². The molecule has 0 saturated carbocycles. The summed E-state index contributed by atoms with van der Waals surface area (Å²) in [6.07, 6.45) is 1.92. The molecule has 1 N–H and O–H groups in total. The minimum absolute atomic E-state index is 0.203. The number of methoxy groups -OCH3 is 1. The molecule has 0 spiro atoms. The minimum Gasteiger partial charge on any atom is -0.496 e. The van der Waals surface area contributed by atoms with Crippen LogP contribution in [0.25, 0.3) is 0 Å². The van der Waals surface area contributed by atoms with Crippen molar-refractivity contribution < 1.29 is 18.7 Å². The maximum absolute atomic E-state index is 13.4. The van der Waals surface area contributed by atoms with E-state index in [0.717, 1.165) is 28.0 Å². The number of amides is 2. The lowest BCUT2D eigenvalue weighted by Crippen LogP contribution is -2.52. The zero-order chi connectivity index (χ0) is 22.0. The molecule has 2 atom stereocenters. The number of nitrogens with zero attached hydrogens (tertiary/aromatic N) is 1. The van der Waals surface area contributed by atoms with E-state index in [-0.39, 0.29) is 23.6 Å². The van der Waals surface area contributed by atoms with Gasteiger partial charge in [-0.15, -0.1) is 0 Å². The summed E-state index contributed by atoms with van der Waals surface area (Å²) in [7, 11) is 1.62. The van der Waals surface area contributed by atoms with Crippen LogP contribution in [0.3, 0.4) is 0 Å². The number of carbonyl (C=O) groups is 2. The molecule has 6 nitrogen and oxygen atoms in total. The van der Waals surface area contributed by atoms with Gasteiger partial charge in [-0.05, 0) is 43.2 Å². The zero-order valence-electron chi connectivity index (χ0n) is 17.9. The third-order valence-electron chi connectivity index (χ3n) is 5.75. The molecule has 1 aromatic heterocycles. The molecule has 2 amide bonds. The molecule has 6 heteroatoms. The van der Waals surface area contributed by atoms with Gasteiger partial charge in [0.15, 0.2) is 5.76 Å². The van der Waals surface area contributed by atoms with Crippen molar-refractivity contribution in [2.24, 2.45) is 0 Å². The SMILES string of the molecule is COc1ccc(C)cc1C(C)NC(=O)C1Cc2ccccc2CN1C(=O)c1ccco1. The summed E-state index contributed by atoms with van der Waals surface area (Å²) in [6, 6.07) is 16.2. The molecule has 31 heavy (non-hydrogen) atoms. The van der Waals surface area contributed by atoms with Gasteiger partial charge in [-0.2, -0.15) is 0 Å². The Kier molecular flexibility index (Phi) is 5.80. The fourth-order valence-corrected chi connectivity index (χ4v) is 4.09. The van der Waals surface area contributed by atoms with Crippen LogP contribution >= 0.6 is 0 Å². The number of fused-ring (bicyclic) bond motifs is 1. The second-order valence-electron chi connectivity index (χ2n) is 7.87. The standard InChI is InChI=1S/C25H26N2O4/c1-16-10-11-22(30-3)20(13-16)17(2)26-24(28)21-14-18-7-4-5-8-19(18)15-27(21)25(29)23-9-6-12-31-23/h4-13,17,21H,14-15H2,1-3H3,(H,26,28). The van der Waals surface area contributed by atoms with Crippen molar-refractivity contribution in [3.63, 3.8) is 0 Å². The molecule has 0 saturated heterocycles. The lowest BCUT2D eigenvalue weighted by molar-refractivity contribution is -0.126. The van der Waals surface area contributed by atoms with Crippen LogP contribution in [0.4, 0.5) is 0 Å². The summed E-state index contributed by atoms with van der Waals surface area (Å²) in [5.41, 5.74) is 4.10.